The second-order valence-corrected chi connectivity index (χ2v) is 8.81. The number of carbonyl (C=O) groups excluding carboxylic acids is 1. The number of sulfonamides is 1. The first kappa shape index (κ1) is 19.2. The lowest BCUT2D eigenvalue weighted by atomic mass is 9.97. The van der Waals surface area contributed by atoms with Crippen molar-refractivity contribution in [3.05, 3.63) is 29.3 Å². The fourth-order valence-corrected chi connectivity index (χ4v) is 4.20. The number of carbonyl (C=O) groups is 1. The van der Waals surface area contributed by atoms with Crippen LogP contribution in [0.1, 0.15) is 44.9 Å². The maximum absolute atomic E-state index is 12.5. The highest BCUT2D eigenvalue weighted by molar-refractivity contribution is 7.89. The molecular weight excluding hydrogens is 348 g/mol. The van der Waals surface area contributed by atoms with Crippen LogP contribution in [0.3, 0.4) is 0 Å². The van der Waals surface area contributed by atoms with E-state index in [1.54, 1.807) is 0 Å². The first-order valence-electron chi connectivity index (χ1n) is 8.41. The maximum atomic E-state index is 12.5. The Labute approximate surface area is 149 Å². The highest BCUT2D eigenvalue weighted by Gasteiger charge is 2.24. The molecule has 0 aromatic heterocycles. The third kappa shape index (κ3) is 5.46. The van der Waals surface area contributed by atoms with Crippen molar-refractivity contribution in [2.45, 2.75) is 55.9 Å². The van der Waals surface area contributed by atoms with Gasteiger partial charge in [-0.3, -0.25) is 4.79 Å². The molecule has 1 saturated carbocycles. The van der Waals surface area contributed by atoms with Gasteiger partial charge in [0.2, 0.25) is 15.9 Å². The van der Waals surface area contributed by atoms with Gasteiger partial charge in [-0.2, -0.15) is 4.31 Å². The lowest BCUT2D eigenvalue weighted by Crippen LogP contribution is -2.42. The summed E-state index contributed by atoms with van der Waals surface area (Å²) in [5, 5.41) is 3.46. The lowest BCUT2D eigenvalue weighted by Gasteiger charge is -2.23. The summed E-state index contributed by atoms with van der Waals surface area (Å²) >= 11 is 5.79. The monoisotopic (exact) mass is 372 g/mol. The van der Waals surface area contributed by atoms with Crippen LogP contribution in [0.15, 0.2) is 29.2 Å². The summed E-state index contributed by atoms with van der Waals surface area (Å²) in [6.45, 7) is -0.179. The smallest absolute Gasteiger partial charge is 0.243 e. The minimum absolute atomic E-state index is 0.133. The average molecular weight is 373 g/mol. The second kappa shape index (κ2) is 8.83. The summed E-state index contributed by atoms with van der Waals surface area (Å²) in [4.78, 5) is 12.3. The molecule has 1 amide bonds. The van der Waals surface area contributed by atoms with Crippen LogP contribution in [0.2, 0.25) is 5.02 Å². The van der Waals surface area contributed by atoms with Crippen molar-refractivity contribution in [1.82, 2.24) is 9.62 Å². The number of nitrogens with zero attached hydrogens (tertiary/aromatic N) is 1. The van der Waals surface area contributed by atoms with E-state index in [9.17, 15) is 13.2 Å². The minimum atomic E-state index is -3.69. The molecule has 1 fully saturated rings. The predicted octanol–water partition coefficient (Wildman–Crippen LogP) is 3.19. The van der Waals surface area contributed by atoms with Crippen LogP contribution >= 0.6 is 11.6 Å². The van der Waals surface area contributed by atoms with Gasteiger partial charge in [-0.05, 0) is 37.1 Å². The zero-order valence-electron chi connectivity index (χ0n) is 14.0. The van der Waals surface area contributed by atoms with Gasteiger partial charge in [-0.15, -0.1) is 0 Å². The quantitative estimate of drug-likeness (QED) is 0.863. The van der Waals surface area contributed by atoms with E-state index in [-0.39, 0.29) is 23.4 Å². The SMILES string of the molecule is CN(CC(=O)NC1CCCCCCC1)S(=O)(=O)c1ccc(Cl)cc1. The van der Waals surface area contributed by atoms with Gasteiger partial charge in [-0.25, -0.2) is 8.42 Å². The molecular formula is C17H25ClN2O3S. The zero-order chi connectivity index (χ0) is 17.6. The third-order valence-electron chi connectivity index (χ3n) is 4.36. The van der Waals surface area contributed by atoms with Crippen LogP contribution in [0.25, 0.3) is 0 Å². The highest BCUT2D eigenvalue weighted by atomic mass is 35.5. The van der Waals surface area contributed by atoms with Crippen molar-refractivity contribution < 1.29 is 13.2 Å². The van der Waals surface area contributed by atoms with Crippen LogP contribution in [0.4, 0.5) is 0 Å². The standard InChI is InChI=1S/C17H25ClN2O3S/c1-20(24(22,23)16-11-9-14(18)10-12-16)13-17(21)19-15-7-5-3-2-4-6-8-15/h9-12,15H,2-8,13H2,1H3,(H,19,21). The Kier molecular flexibility index (Phi) is 7.07. The molecule has 1 N–H and O–H groups in total. The fourth-order valence-electron chi connectivity index (χ4n) is 2.95. The highest BCUT2D eigenvalue weighted by Crippen LogP contribution is 2.18. The Balaban J connectivity index is 1.93. The summed E-state index contributed by atoms with van der Waals surface area (Å²) in [6, 6.07) is 6.10. The molecule has 1 aromatic rings. The molecule has 0 radical (unpaired) electrons. The molecule has 2 rings (SSSR count). The molecule has 0 atom stereocenters. The molecule has 0 spiro atoms. The van der Waals surface area contributed by atoms with Crippen molar-refractivity contribution >= 4 is 27.5 Å². The molecule has 1 aromatic carbocycles. The Morgan fingerprint density at radius 3 is 2.25 bits per heavy atom. The molecule has 24 heavy (non-hydrogen) atoms. The van der Waals surface area contributed by atoms with Crippen LogP contribution in [0, 0.1) is 0 Å². The number of benzene rings is 1. The van der Waals surface area contributed by atoms with Gasteiger partial charge in [-0.1, -0.05) is 43.7 Å². The topological polar surface area (TPSA) is 66.5 Å². The molecule has 7 heteroatoms. The number of halogens is 1. The molecule has 134 valence electrons. The number of likely N-dealkylation sites (N-methyl/N-ethyl adjacent to an activating group) is 1. The summed E-state index contributed by atoms with van der Waals surface area (Å²) in [6.07, 6.45) is 7.85. The zero-order valence-corrected chi connectivity index (χ0v) is 15.6. The number of hydrogen-bond donors (Lipinski definition) is 1. The van der Waals surface area contributed by atoms with Crippen molar-refractivity contribution in [2.24, 2.45) is 0 Å². The van der Waals surface area contributed by atoms with Gasteiger partial charge in [0.15, 0.2) is 0 Å². The maximum Gasteiger partial charge on any atom is 0.243 e. The average Bonchev–Trinajstić information content (AvgIpc) is 2.50. The molecule has 0 aliphatic heterocycles. The van der Waals surface area contributed by atoms with Crippen LogP contribution < -0.4 is 5.32 Å². The lowest BCUT2D eigenvalue weighted by molar-refractivity contribution is -0.121. The summed E-state index contributed by atoms with van der Waals surface area (Å²) < 4.78 is 26.0. The van der Waals surface area contributed by atoms with Crippen LogP contribution in [-0.2, 0) is 14.8 Å². The molecule has 0 heterocycles. The van der Waals surface area contributed by atoms with E-state index in [0.29, 0.717) is 5.02 Å². The first-order chi connectivity index (χ1) is 11.4. The van der Waals surface area contributed by atoms with Crippen LogP contribution in [-0.4, -0.2) is 38.3 Å². The number of amides is 1. The van der Waals surface area contributed by atoms with Crippen molar-refractivity contribution in [3.63, 3.8) is 0 Å². The Morgan fingerprint density at radius 1 is 1.12 bits per heavy atom. The minimum Gasteiger partial charge on any atom is -0.352 e. The van der Waals surface area contributed by atoms with Gasteiger partial charge in [0.05, 0.1) is 11.4 Å². The van der Waals surface area contributed by atoms with Crippen LogP contribution in [0.5, 0.6) is 0 Å². The molecule has 1 aliphatic carbocycles. The van der Waals surface area contributed by atoms with Crippen molar-refractivity contribution in [1.29, 1.82) is 0 Å². The van der Waals surface area contributed by atoms with Crippen molar-refractivity contribution in [3.8, 4) is 0 Å². The van der Waals surface area contributed by atoms with Crippen molar-refractivity contribution in [2.75, 3.05) is 13.6 Å². The van der Waals surface area contributed by atoms with Gasteiger partial charge in [0, 0.05) is 18.1 Å². The number of rotatable bonds is 5. The van der Waals surface area contributed by atoms with Gasteiger partial charge in [0.25, 0.3) is 0 Å². The van der Waals surface area contributed by atoms with E-state index >= 15 is 0 Å². The summed E-state index contributed by atoms with van der Waals surface area (Å²) in [5.41, 5.74) is 0. The van der Waals surface area contributed by atoms with Gasteiger partial charge < -0.3 is 5.32 Å². The number of nitrogens with one attached hydrogen (secondary N) is 1. The van der Waals surface area contributed by atoms with Gasteiger partial charge in [0.1, 0.15) is 0 Å². The summed E-state index contributed by atoms with van der Waals surface area (Å²) in [7, 11) is -2.27. The Hall–Kier alpha value is -1.11. The van der Waals surface area contributed by atoms with E-state index < -0.39 is 10.0 Å². The van der Waals surface area contributed by atoms with Gasteiger partial charge >= 0.3 is 0 Å². The normalized spacial score (nSPS) is 17.3. The molecule has 0 unspecified atom stereocenters. The Bertz CT molecular complexity index is 638. The fraction of sp³-hybridized carbons (Fsp3) is 0.588. The third-order valence-corrected chi connectivity index (χ3v) is 6.43. The number of hydrogen-bond acceptors (Lipinski definition) is 3. The van der Waals surface area contributed by atoms with E-state index in [0.717, 1.165) is 30.0 Å². The molecule has 5 nitrogen and oxygen atoms in total. The largest absolute Gasteiger partial charge is 0.352 e. The van der Waals surface area contributed by atoms with E-state index in [4.69, 9.17) is 11.6 Å². The molecule has 0 saturated heterocycles. The van der Waals surface area contributed by atoms with E-state index in [2.05, 4.69) is 5.32 Å². The predicted molar refractivity (Wildman–Crippen MR) is 95.5 cm³/mol. The first-order valence-corrected chi connectivity index (χ1v) is 10.2. The molecule has 0 bridgehead atoms. The second-order valence-electron chi connectivity index (χ2n) is 6.32. The summed E-state index contributed by atoms with van der Waals surface area (Å²) in [5.74, 6) is -0.249. The van der Waals surface area contributed by atoms with E-state index in [1.165, 1.54) is 50.6 Å². The molecule has 1 aliphatic rings. The Morgan fingerprint density at radius 2 is 1.67 bits per heavy atom. The van der Waals surface area contributed by atoms with E-state index in [1.807, 2.05) is 0 Å².